The van der Waals surface area contributed by atoms with E-state index in [0.29, 0.717) is 25.2 Å². The third-order valence-corrected chi connectivity index (χ3v) is 4.63. The van der Waals surface area contributed by atoms with Gasteiger partial charge in [-0.2, -0.15) is 0 Å². The second-order valence-electron chi connectivity index (χ2n) is 6.59. The molecule has 0 aliphatic carbocycles. The number of fused-ring (bicyclic) bond motifs is 1. The van der Waals surface area contributed by atoms with Gasteiger partial charge >= 0.3 is 0 Å². The van der Waals surface area contributed by atoms with Crippen LogP contribution in [0.1, 0.15) is 28.9 Å². The van der Waals surface area contributed by atoms with Crippen molar-refractivity contribution in [3.63, 3.8) is 0 Å². The monoisotopic (exact) mass is 363 g/mol. The Morgan fingerprint density at radius 1 is 0.926 bits per heavy atom. The maximum atomic E-state index is 12.4. The van der Waals surface area contributed by atoms with Gasteiger partial charge in [0.15, 0.2) is 0 Å². The summed E-state index contributed by atoms with van der Waals surface area (Å²) in [5, 5.41) is 6.76. The van der Waals surface area contributed by atoms with Crippen molar-refractivity contribution in [3.05, 3.63) is 71.9 Å². The second-order valence-corrected chi connectivity index (χ2v) is 6.59. The highest BCUT2D eigenvalue weighted by Gasteiger charge is 2.12. The van der Waals surface area contributed by atoms with E-state index in [0.717, 1.165) is 23.7 Å². The summed E-state index contributed by atoms with van der Waals surface area (Å²) < 4.78 is 1.88. The SMILES string of the molecule is Cn1c(C(=O)NCCNC(=O)CCCc2ccccc2)cc2ccccc21. The number of hydrogen-bond donors (Lipinski definition) is 2. The van der Waals surface area contributed by atoms with Crippen LogP contribution in [0.3, 0.4) is 0 Å². The molecule has 0 saturated heterocycles. The number of carbonyl (C=O) groups excluding carboxylic acids is 2. The van der Waals surface area contributed by atoms with Gasteiger partial charge in [-0.3, -0.25) is 9.59 Å². The molecular weight excluding hydrogens is 338 g/mol. The molecule has 0 bridgehead atoms. The maximum absolute atomic E-state index is 12.4. The molecule has 0 radical (unpaired) electrons. The summed E-state index contributed by atoms with van der Waals surface area (Å²) in [4.78, 5) is 24.3. The lowest BCUT2D eigenvalue weighted by atomic mass is 10.1. The summed E-state index contributed by atoms with van der Waals surface area (Å²) in [6, 6.07) is 19.9. The van der Waals surface area contributed by atoms with E-state index in [2.05, 4.69) is 22.8 Å². The van der Waals surface area contributed by atoms with E-state index in [-0.39, 0.29) is 11.8 Å². The van der Waals surface area contributed by atoms with E-state index >= 15 is 0 Å². The predicted molar refractivity (Wildman–Crippen MR) is 108 cm³/mol. The van der Waals surface area contributed by atoms with Crippen LogP contribution in [0.5, 0.6) is 0 Å². The van der Waals surface area contributed by atoms with Gasteiger partial charge < -0.3 is 15.2 Å². The Morgan fingerprint density at radius 2 is 1.63 bits per heavy atom. The number of benzene rings is 2. The molecule has 2 N–H and O–H groups in total. The number of carbonyl (C=O) groups is 2. The fourth-order valence-electron chi connectivity index (χ4n) is 3.16. The third-order valence-electron chi connectivity index (χ3n) is 4.63. The number of aromatic nitrogens is 1. The molecule has 1 heterocycles. The molecule has 5 heteroatoms. The minimum atomic E-state index is -0.132. The molecule has 27 heavy (non-hydrogen) atoms. The Labute approximate surface area is 159 Å². The number of rotatable bonds is 8. The minimum absolute atomic E-state index is 0.0183. The van der Waals surface area contributed by atoms with Gasteiger partial charge in [-0.1, -0.05) is 48.5 Å². The average molecular weight is 363 g/mol. The van der Waals surface area contributed by atoms with Crippen LogP contribution in [-0.2, 0) is 18.3 Å². The van der Waals surface area contributed by atoms with Gasteiger partial charge in [0.05, 0.1) is 0 Å². The molecule has 140 valence electrons. The summed E-state index contributed by atoms with van der Waals surface area (Å²) in [5.41, 5.74) is 2.88. The maximum Gasteiger partial charge on any atom is 0.267 e. The van der Waals surface area contributed by atoms with Crippen LogP contribution in [0.25, 0.3) is 10.9 Å². The largest absolute Gasteiger partial charge is 0.354 e. The van der Waals surface area contributed by atoms with Gasteiger partial charge in [-0.15, -0.1) is 0 Å². The number of nitrogens with zero attached hydrogens (tertiary/aromatic N) is 1. The lowest BCUT2D eigenvalue weighted by molar-refractivity contribution is -0.121. The molecule has 3 rings (SSSR count). The topological polar surface area (TPSA) is 63.1 Å². The third kappa shape index (κ3) is 4.97. The Bertz CT molecular complexity index is 916. The van der Waals surface area contributed by atoms with Gasteiger partial charge in [0.1, 0.15) is 5.69 Å². The number of nitrogens with one attached hydrogen (secondary N) is 2. The molecule has 2 aromatic carbocycles. The van der Waals surface area contributed by atoms with Crippen LogP contribution >= 0.6 is 0 Å². The molecule has 1 aromatic heterocycles. The van der Waals surface area contributed by atoms with E-state index in [1.807, 2.05) is 60.1 Å². The van der Waals surface area contributed by atoms with E-state index in [9.17, 15) is 9.59 Å². The number of hydrogen-bond acceptors (Lipinski definition) is 2. The Hall–Kier alpha value is -3.08. The zero-order valence-electron chi connectivity index (χ0n) is 15.6. The highest BCUT2D eigenvalue weighted by atomic mass is 16.2. The molecule has 0 atom stereocenters. The van der Waals surface area contributed by atoms with Crippen molar-refractivity contribution in [1.29, 1.82) is 0 Å². The predicted octanol–water partition coefficient (Wildman–Crippen LogP) is 3.05. The lowest BCUT2D eigenvalue weighted by Gasteiger charge is -2.08. The van der Waals surface area contributed by atoms with Crippen molar-refractivity contribution in [2.24, 2.45) is 7.05 Å². The Morgan fingerprint density at radius 3 is 2.41 bits per heavy atom. The first-order valence-corrected chi connectivity index (χ1v) is 9.28. The number of para-hydroxylation sites is 1. The quantitative estimate of drug-likeness (QED) is 0.604. The van der Waals surface area contributed by atoms with Gasteiger partial charge in [-0.05, 0) is 30.5 Å². The van der Waals surface area contributed by atoms with Crippen LogP contribution in [0.4, 0.5) is 0 Å². The molecule has 0 unspecified atom stereocenters. The van der Waals surface area contributed by atoms with Crippen molar-refractivity contribution >= 4 is 22.7 Å². The first-order valence-electron chi connectivity index (χ1n) is 9.28. The van der Waals surface area contributed by atoms with Gasteiger partial charge in [0.25, 0.3) is 5.91 Å². The first kappa shape index (κ1) is 18.7. The standard InChI is InChI=1S/C22H25N3O2/c1-25-19-12-6-5-11-18(19)16-20(25)22(27)24-15-14-23-21(26)13-7-10-17-8-3-2-4-9-17/h2-6,8-9,11-12,16H,7,10,13-15H2,1H3,(H,23,26)(H,24,27). The lowest BCUT2D eigenvalue weighted by Crippen LogP contribution is -2.35. The van der Waals surface area contributed by atoms with Crippen LogP contribution in [0, 0.1) is 0 Å². The summed E-state index contributed by atoms with van der Waals surface area (Å²) in [6.07, 6.45) is 2.20. The molecule has 0 aliphatic rings. The fourth-order valence-corrected chi connectivity index (χ4v) is 3.16. The summed E-state index contributed by atoms with van der Waals surface area (Å²) in [5.74, 6) is -0.114. The van der Waals surface area contributed by atoms with Crippen LogP contribution in [0.2, 0.25) is 0 Å². The van der Waals surface area contributed by atoms with Crippen molar-refractivity contribution in [2.75, 3.05) is 13.1 Å². The molecule has 0 saturated carbocycles. The van der Waals surface area contributed by atoms with Gasteiger partial charge in [0.2, 0.25) is 5.91 Å². The van der Waals surface area contributed by atoms with E-state index < -0.39 is 0 Å². The highest BCUT2D eigenvalue weighted by Crippen LogP contribution is 2.17. The molecule has 0 fully saturated rings. The van der Waals surface area contributed by atoms with Gasteiger partial charge in [0, 0.05) is 37.5 Å². The zero-order valence-corrected chi connectivity index (χ0v) is 15.6. The Kier molecular flexibility index (Phi) is 6.26. The summed E-state index contributed by atoms with van der Waals surface area (Å²) >= 11 is 0. The normalized spacial score (nSPS) is 10.7. The van der Waals surface area contributed by atoms with E-state index in [4.69, 9.17) is 0 Å². The number of amides is 2. The fraction of sp³-hybridized carbons (Fsp3) is 0.273. The van der Waals surface area contributed by atoms with E-state index in [1.165, 1.54) is 5.56 Å². The Balaban J connectivity index is 1.37. The van der Waals surface area contributed by atoms with Crippen molar-refractivity contribution < 1.29 is 9.59 Å². The van der Waals surface area contributed by atoms with Crippen LogP contribution in [-0.4, -0.2) is 29.5 Å². The average Bonchev–Trinajstić information content (AvgIpc) is 3.03. The minimum Gasteiger partial charge on any atom is -0.354 e. The van der Waals surface area contributed by atoms with Crippen LogP contribution < -0.4 is 10.6 Å². The first-order chi connectivity index (χ1) is 13.1. The molecule has 2 amide bonds. The van der Waals surface area contributed by atoms with Crippen molar-refractivity contribution in [3.8, 4) is 0 Å². The summed E-state index contributed by atoms with van der Waals surface area (Å²) in [7, 11) is 1.88. The van der Waals surface area contributed by atoms with E-state index in [1.54, 1.807) is 0 Å². The second kappa shape index (κ2) is 9.03. The van der Waals surface area contributed by atoms with Crippen molar-refractivity contribution in [2.45, 2.75) is 19.3 Å². The number of aryl methyl sites for hydroxylation is 2. The van der Waals surface area contributed by atoms with Crippen molar-refractivity contribution in [1.82, 2.24) is 15.2 Å². The van der Waals surface area contributed by atoms with Crippen LogP contribution in [0.15, 0.2) is 60.7 Å². The molecule has 0 aliphatic heterocycles. The molecular formula is C22H25N3O2. The highest BCUT2D eigenvalue weighted by molar-refractivity contribution is 5.98. The smallest absolute Gasteiger partial charge is 0.267 e. The molecule has 5 nitrogen and oxygen atoms in total. The zero-order chi connectivity index (χ0) is 19.1. The van der Waals surface area contributed by atoms with Gasteiger partial charge in [-0.25, -0.2) is 0 Å². The summed E-state index contributed by atoms with van der Waals surface area (Å²) in [6.45, 7) is 0.838. The molecule has 3 aromatic rings. The molecule has 0 spiro atoms.